The summed E-state index contributed by atoms with van der Waals surface area (Å²) in [5, 5.41) is 6.53. The predicted octanol–water partition coefficient (Wildman–Crippen LogP) is 3.61. The van der Waals surface area contributed by atoms with Gasteiger partial charge in [-0.2, -0.15) is 0 Å². The number of piperazine rings is 1. The molecule has 2 fully saturated rings. The van der Waals surface area contributed by atoms with Crippen LogP contribution in [0.5, 0.6) is 0 Å². The zero-order valence-electron chi connectivity index (χ0n) is 20.5. The molecule has 4 rings (SSSR count). The minimum absolute atomic E-state index is 0.0130. The average Bonchev–Trinajstić information content (AvgIpc) is 2.85. The van der Waals surface area contributed by atoms with Crippen molar-refractivity contribution in [2.24, 2.45) is 0 Å². The van der Waals surface area contributed by atoms with Gasteiger partial charge in [-0.1, -0.05) is 61.7 Å². The number of rotatable bonds is 7. The van der Waals surface area contributed by atoms with E-state index in [0.717, 1.165) is 24.0 Å². The lowest BCUT2D eigenvalue weighted by Gasteiger charge is -2.54. The lowest BCUT2D eigenvalue weighted by molar-refractivity contribution is -0.188. The minimum atomic E-state index is -0.661. The van der Waals surface area contributed by atoms with Crippen LogP contribution in [0.3, 0.4) is 0 Å². The number of hydrazine groups is 1. The van der Waals surface area contributed by atoms with E-state index < -0.39 is 18.2 Å². The summed E-state index contributed by atoms with van der Waals surface area (Å²) in [6, 6.07) is 12.2. The van der Waals surface area contributed by atoms with E-state index in [2.05, 4.69) is 5.32 Å². The fourth-order valence-corrected chi connectivity index (χ4v) is 5.01. The van der Waals surface area contributed by atoms with Crippen LogP contribution < -0.4 is 5.32 Å². The van der Waals surface area contributed by atoms with Crippen molar-refractivity contribution in [1.82, 2.24) is 25.1 Å². The van der Waals surface area contributed by atoms with Gasteiger partial charge in [-0.15, -0.1) is 0 Å². The molecule has 0 aliphatic carbocycles. The molecular formula is C26H31ClFN5O3. The number of nitrogens with zero attached hydrogens (tertiary/aromatic N) is 4. The van der Waals surface area contributed by atoms with Crippen molar-refractivity contribution in [2.75, 3.05) is 20.1 Å². The highest BCUT2D eigenvalue weighted by molar-refractivity contribution is 6.31. The number of hydrogen-bond donors (Lipinski definition) is 1. The normalized spacial score (nSPS) is 20.5. The molecule has 10 heteroatoms. The molecule has 0 radical (unpaired) electrons. The van der Waals surface area contributed by atoms with Gasteiger partial charge < -0.3 is 15.1 Å². The Hall–Kier alpha value is -3.17. The molecule has 0 saturated carbocycles. The number of halogens is 2. The van der Waals surface area contributed by atoms with E-state index in [-0.39, 0.29) is 43.8 Å². The summed E-state index contributed by atoms with van der Waals surface area (Å²) < 4.78 is 13.2. The third kappa shape index (κ3) is 5.47. The van der Waals surface area contributed by atoms with Crippen LogP contribution in [-0.4, -0.2) is 70.0 Å². The summed E-state index contributed by atoms with van der Waals surface area (Å²) in [7, 11) is 1.68. The second kappa shape index (κ2) is 11.3. The first-order chi connectivity index (χ1) is 17.3. The first-order valence-corrected chi connectivity index (χ1v) is 12.5. The molecule has 2 saturated heterocycles. The first kappa shape index (κ1) is 25.9. The van der Waals surface area contributed by atoms with Gasteiger partial charge in [0.2, 0.25) is 11.8 Å². The monoisotopic (exact) mass is 515 g/mol. The van der Waals surface area contributed by atoms with Crippen LogP contribution in [0.25, 0.3) is 0 Å². The number of nitrogens with one attached hydrogen (secondary N) is 1. The summed E-state index contributed by atoms with van der Waals surface area (Å²) in [4.78, 5) is 43.4. The Morgan fingerprint density at radius 1 is 1.14 bits per heavy atom. The molecule has 2 aromatic rings. The van der Waals surface area contributed by atoms with Crippen LogP contribution in [0, 0.1) is 5.82 Å². The fourth-order valence-electron chi connectivity index (χ4n) is 4.81. The summed E-state index contributed by atoms with van der Waals surface area (Å²) in [6.07, 6.45) is 1.51. The number of carbonyl (C=O) groups is 3. The van der Waals surface area contributed by atoms with Crippen LogP contribution in [0.2, 0.25) is 5.02 Å². The number of benzene rings is 2. The Bertz CT molecular complexity index is 1120. The fraction of sp³-hybridized carbons (Fsp3) is 0.423. The Morgan fingerprint density at radius 3 is 2.56 bits per heavy atom. The lowest BCUT2D eigenvalue weighted by atomic mass is 10.0. The van der Waals surface area contributed by atoms with Gasteiger partial charge >= 0.3 is 6.03 Å². The number of amides is 4. The second-order valence-corrected chi connectivity index (χ2v) is 9.60. The Kier molecular flexibility index (Phi) is 8.11. The van der Waals surface area contributed by atoms with Crippen molar-refractivity contribution < 1.29 is 18.8 Å². The molecule has 2 aliphatic heterocycles. The number of fused-ring (bicyclic) bond motifs is 1. The van der Waals surface area contributed by atoms with Gasteiger partial charge in [-0.25, -0.2) is 19.2 Å². The molecule has 0 aromatic heterocycles. The van der Waals surface area contributed by atoms with Gasteiger partial charge in [0.25, 0.3) is 0 Å². The zero-order chi connectivity index (χ0) is 25.8. The van der Waals surface area contributed by atoms with Gasteiger partial charge in [0, 0.05) is 25.2 Å². The average molecular weight is 516 g/mol. The van der Waals surface area contributed by atoms with Gasteiger partial charge in [-0.05, 0) is 35.7 Å². The smallest absolute Gasteiger partial charge is 0.333 e. The topological polar surface area (TPSA) is 76.2 Å². The largest absolute Gasteiger partial charge is 0.334 e. The minimum Gasteiger partial charge on any atom is -0.333 e. The van der Waals surface area contributed by atoms with Crippen molar-refractivity contribution in [3.8, 4) is 0 Å². The van der Waals surface area contributed by atoms with Crippen molar-refractivity contribution in [1.29, 1.82) is 0 Å². The van der Waals surface area contributed by atoms with Crippen LogP contribution in [0.15, 0.2) is 48.5 Å². The quantitative estimate of drug-likeness (QED) is 0.611. The van der Waals surface area contributed by atoms with E-state index in [4.69, 9.17) is 11.6 Å². The first-order valence-electron chi connectivity index (χ1n) is 12.2. The highest BCUT2D eigenvalue weighted by Gasteiger charge is 2.50. The molecule has 8 nitrogen and oxygen atoms in total. The van der Waals surface area contributed by atoms with Crippen LogP contribution in [0.1, 0.15) is 37.3 Å². The third-order valence-corrected chi connectivity index (χ3v) is 7.02. The summed E-state index contributed by atoms with van der Waals surface area (Å²) in [6.45, 7) is 2.67. The molecular weight excluding hydrogens is 485 g/mol. The van der Waals surface area contributed by atoms with E-state index in [0.29, 0.717) is 11.4 Å². The number of urea groups is 1. The Balaban J connectivity index is 1.60. The number of likely N-dealkylation sites (N-methyl/N-ethyl adjacent to an activating group) is 1. The van der Waals surface area contributed by atoms with Crippen molar-refractivity contribution in [2.45, 2.75) is 51.5 Å². The second-order valence-electron chi connectivity index (χ2n) is 9.20. The van der Waals surface area contributed by atoms with Gasteiger partial charge in [0.05, 0.1) is 13.1 Å². The molecule has 0 bridgehead atoms. The molecule has 2 aliphatic rings. The maximum absolute atomic E-state index is 13.6. The van der Waals surface area contributed by atoms with E-state index in [9.17, 15) is 18.8 Å². The Labute approximate surface area is 215 Å². The van der Waals surface area contributed by atoms with E-state index in [1.165, 1.54) is 17.1 Å². The predicted molar refractivity (Wildman–Crippen MR) is 134 cm³/mol. The highest BCUT2D eigenvalue weighted by Crippen LogP contribution is 2.30. The summed E-state index contributed by atoms with van der Waals surface area (Å²) in [5.74, 6) is -0.667. The highest BCUT2D eigenvalue weighted by atomic mass is 35.5. The van der Waals surface area contributed by atoms with Crippen LogP contribution in [0.4, 0.5) is 9.18 Å². The molecule has 2 heterocycles. The molecule has 2 atom stereocenters. The molecule has 0 unspecified atom stereocenters. The molecule has 36 heavy (non-hydrogen) atoms. The van der Waals surface area contributed by atoms with Crippen LogP contribution in [-0.2, 0) is 22.7 Å². The van der Waals surface area contributed by atoms with Crippen LogP contribution >= 0.6 is 11.6 Å². The zero-order valence-corrected chi connectivity index (χ0v) is 21.2. The van der Waals surface area contributed by atoms with Crippen molar-refractivity contribution >= 4 is 29.4 Å². The third-order valence-electron chi connectivity index (χ3n) is 6.65. The number of carbonyl (C=O) groups excluding carboxylic acids is 3. The van der Waals surface area contributed by atoms with Crippen molar-refractivity contribution in [3.63, 3.8) is 0 Å². The molecule has 192 valence electrons. The summed E-state index contributed by atoms with van der Waals surface area (Å²) in [5.41, 5.74) is 1.55. The van der Waals surface area contributed by atoms with Crippen molar-refractivity contribution in [3.05, 3.63) is 70.5 Å². The standard InChI is InChI=1S/C26H31ClFN5O3/c1-3-4-9-22-25(35)31(15-19-7-5-6-8-21(19)27)16-23-32(22)24(34)17-30(2)33(23)26(36)29-14-18-10-12-20(28)13-11-18/h5-8,10-13,22-23H,3-4,9,14-17H2,1-2H3,(H,29,36)/t22-,23-/m0/s1. The maximum atomic E-state index is 13.6. The molecule has 1 N–H and O–H groups in total. The number of unbranched alkanes of at least 4 members (excludes halogenated alkanes) is 1. The molecule has 4 amide bonds. The summed E-state index contributed by atoms with van der Waals surface area (Å²) >= 11 is 6.37. The maximum Gasteiger partial charge on any atom is 0.334 e. The SMILES string of the molecule is CCCC[C@H]1C(=O)N(Cc2ccccc2Cl)C[C@H]2N1C(=O)CN(C)N2C(=O)NCc1ccc(F)cc1. The number of hydrogen-bond acceptors (Lipinski definition) is 4. The van der Waals surface area contributed by atoms with Gasteiger partial charge in [0.1, 0.15) is 18.0 Å². The molecule has 2 aromatic carbocycles. The van der Waals surface area contributed by atoms with Gasteiger partial charge in [0.15, 0.2) is 0 Å². The van der Waals surface area contributed by atoms with E-state index >= 15 is 0 Å². The molecule has 0 spiro atoms. The lowest BCUT2D eigenvalue weighted by Crippen LogP contribution is -2.75. The van der Waals surface area contributed by atoms with E-state index in [1.54, 1.807) is 40.1 Å². The van der Waals surface area contributed by atoms with E-state index in [1.807, 2.05) is 25.1 Å². The Morgan fingerprint density at radius 2 is 1.86 bits per heavy atom. The van der Waals surface area contributed by atoms with Gasteiger partial charge in [-0.3, -0.25) is 9.59 Å².